The van der Waals surface area contributed by atoms with Gasteiger partial charge in [0.05, 0.1) is 5.69 Å². The van der Waals surface area contributed by atoms with Gasteiger partial charge in [-0.1, -0.05) is 37.3 Å². The molecule has 5 heteroatoms. The van der Waals surface area contributed by atoms with E-state index >= 15 is 0 Å². The molecule has 28 heavy (non-hydrogen) atoms. The van der Waals surface area contributed by atoms with Crippen LogP contribution in [0.2, 0.25) is 0 Å². The molecule has 2 heterocycles. The van der Waals surface area contributed by atoms with E-state index in [9.17, 15) is 9.00 Å². The maximum absolute atomic E-state index is 13.6. The third-order valence-corrected chi connectivity index (χ3v) is 8.60. The summed E-state index contributed by atoms with van der Waals surface area (Å²) in [6.07, 6.45) is 6.00. The molecule has 2 aliphatic rings. The largest absolute Gasteiger partial charge is 0.308 e. The summed E-state index contributed by atoms with van der Waals surface area (Å²) in [5.74, 6) is 2.60. The summed E-state index contributed by atoms with van der Waals surface area (Å²) in [4.78, 5) is 16.9. The molecule has 0 spiro atoms. The molecule has 1 amide bonds. The van der Waals surface area contributed by atoms with Gasteiger partial charge in [-0.25, -0.2) is 0 Å². The summed E-state index contributed by atoms with van der Waals surface area (Å²) >= 11 is 1.71. The van der Waals surface area contributed by atoms with Crippen molar-refractivity contribution in [3.8, 4) is 10.4 Å². The molecule has 0 N–H and O–H groups in total. The van der Waals surface area contributed by atoms with Gasteiger partial charge in [-0.05, 0) is 56.1 Å². The van der Waals surface area contributed by atoms with E-state index in [0.29, 0.717) is 17.4 Å². The van der Waals surface area contributed by atoms with Crippen molar-refractivity contribution in [1.82, 2.24) is 0 Å². The minimum Gasteiger partial charge on any atom is -0.308 e. The molecule has 3 nitrogen and oxygen atoms in total. The van der Waals surface area contributed by atoms with Gasteiger partial charge < -0.3 is 4.90 Å². The first-order chi connectivity index (χ1) is 13.6. The van der Waals surface area contributed by atoms with Crippen molar-refractivity contribution in [1.29, 1.82) is 0 Å². The van der Waals surface area contributed by atoms with E-state index in [1.165, 1.54) is 10.4 Å². The third kappa shape index (κ3) is 4.41. The zero-order chi connectivity index (χ0) is 19.5. The van der Waals surface area contributed by atoms with Crippen molar-refractivity contribution in [2.75, 3.05) is 16.4 Å². The van der Waals surface area contributed by atoms with Crippen molar-refractivity contribution in [3.05, 3.63) is 41.8 Å². The highest BCUT2D eigenvalue weighted by Gasteiger charge is 2.34. The normalized spacial score (nSPS) is 28.0. The Morgan fingerprint density at radius 2 is 1.71 bits per heavy atom. The second kappa shape index (κ2) is 8.91. The Labute approximate surface area is 174 Å². The monoisotopic (exact) mass is 415 g/mol. The molecular weight excluding hydrogens is 386 g/mol. The van der Waals surface area contributed by atoms with Crippen molar-refractivity contribution in [2.45, 2.75) is 51.5 Å². The van der Waals surface area contributed by atoms with Crippen LogP contribution in [0.25, 0.3) is 10.4 Å². The number of nitrogens with zero attached hydrogens (tertiary/aromatic N) is 1. The van der Waals surface area contributed by atoms with Crippen molar-refractivity contribution >= 4 is 33.7 Å². The molecule has 2 fully saturated rings. The number of rotatable bonds is 4. The zero-order valence-corrected chi connectivity index (χ0v) is 18.1. The molecular formula is C23H29NO2S2. The lowest BCUT2D eigenvalue weighted by atomic mass is 9.82. The van der Waals surface area contributed by atoms with Gasteiger partial charge in [-0.15, -0.1) is 11.3 Å². The van der Waals surface area contributed by atoms with E-state index < -0.39 is 10.8 Å². The molecule has 1 saturated heterocycles. The molecule has 150 valence electrons. The summed E-state index contributed by atoms with van der Waals surface area (Å²) in [6.45, 7) is 2.29. The highest BCUT2D eigenvalue weighted by atomic mass is 32.2. The highest BCUT2D eigenvalue weighted by molar-refractivity contribution is 7.85. The average molecular weight is 416 g/mol. The molecule has 4 rings (SSSR count). The second-order valence-electron chi connectivity index (χ2n) is 8.28. The van der Waals surface area contributed by atoms with E-state index in [2.05, 4.69) is 47.5 Å². The summed E-state index contributed by atoms with van der Waals surface area (Å²) in [7, 11) is -0.716. The molecule has 1 aromatic heterocycles. The van der Waals surface area contributed by atoms with E-state index in [0.717, 1.165) is 50.1 Å². The Morgan fingerprint density at radius 3 is 2.39 bits per heavy atom. The Kier molecular flexibility index (Phi) is 6.32. The van der Waals surface area contributed by atoms with E-state index in [4.69, 9.17) is 0 Å². The fraction of sp³-hybridized carbons (Fsp3) is 0.522. The first-order valence-electron chi connectivity index (χ1n) is 10.4. The first kappa shape index (κ1) is 19.8. The standard InChI is InChI=1S/C23H29NO2S2/c1-17-7-9-19(10-8-17)23(25)24(20-11-13-28(26)14-12-20)21-15-22(27-16-21)18-5-3-2-4-6-18/h2-6,15-17,19-20H,7-14H2,1H3. The van der Waals surface area contributed by atoms with Crippen LogP contribution in [0.3, 0.4) is 0 Å². The molecule has 0 bridgehead atoms. The topological polar surface area (TPSA) is 37.4 Å². The van der Waals surface area contributed by atoms with Crippen molar-refractivity contribution < 1.29 is 9.00 Å². The summed E-state index contributed by atoms with van der Waals surface area (Å²) < 4.78 is 11.9. The number of hydrogen-bond donors (Lipinski definition) is 0. The summed E-state index contributed by atoms with van der Waals surface area (Å²) in [5.41, 5.74) is 2.23. The summed E-state index contributed by atoms with van der Waals surface area (Å²) in [5, 5.41) is 2.14. The highest BCUT2D eigenvalue weighted by Crippen LogP contribution is 2.37. The van der Waals surface area contributed by atoms with Gasteiger partial charge in [0.25, 0.3) is 0 Å². The molecule has 1 aromatic carbocycles. The fourth-order valence-corrected chi connectivity index (χ4v) is 6.63. The van der Waals surface area contributed by atoms with Gasteiger partial charge in [0, 0.05) is 44.5 Å². The second-order valence-corrected chi connectivity index (χ2v) is 10.9. The predicted molar refractivity (Wildman–Crippen MR) is 119 cm³/mol. The SMILES string of the molecule is CC1CCC(C(=O)N(c2csc(-c3ccccc3)c2)C2CCS(=O)CC2)CC1. The predicted octanol–water partition coefficient (Wildman–Crippen LogP) is 5.49. The Bertz CT molecular complexity index is 814. The number of benzene rings is 1. The van der Waals surface area contributed by atoms with Crippen LogP contribution in [0.1, 0.15) is 45.4 Å². The van der Waals surface area contributed by atoms with Crippen LogP contribution in [-0.2, 0) is 15.6 Å². The maximum Gasteiger partial charge on any atom is 0.230 e. The minimum absolute atomic E-state index is 0.142. The van der Waals surface area contributed by atoms with Crippen LogP contribution in [0.5, 0.6) is 0 Å². The number of amides is 1. The van der Waals surface area contributed by atoms with E-state index in [1.807, 2.05) is 6.07 Å². The fourth-order valence-electron chi connectivity index (χ4n) is 4.47. The van der Waals surface area contributed by atoms with Crippen LogP contribution in [0, 0.1) is 11.8 Å². The van der Waals surface area contributed by atoms with Gasteiger partial charge in [-0.3, -0.25) is 9.00 Å². The molecule has 2 aromatic rings. The lowest BCUT2D eigenvalue weighted by Gasteiger charge is -2.37. The Hall–Kier alpha value is -1.46. The molecule has 1 saturated carbocycles. The molecule has 0 atom stereocenters. The quantitative estimate of drug-likeness (QED) is 0.662. The number of hydrogen-bond acceptors (Lipinski definition) is 3. The van der Waals surface area contributed by atoms with Crippen LogP contribution in [0.15, 0.2) is 41.8 Å². The Morgan fingerprint density at radius 1 is 1.04 bits per heavy atom. The number of carbonyl (C=O) groups is 1. The molecule has 1 aliphatic heterocycles. The van der Waals surface area contributed by atoms with Crippen LogP contribution >= 0.6 is 11.3 Å². The Balaban J connectivity index is 1.60. The zero-order valence-electron chi connectivity index (χ0n) is 16.5. The maximum atomic E-state index is 13.6. The first-order valence-corrected chi connectivity index (χ1v) is 12.8. The molecule has 1 aliphatic carbocycles. The molecule has 0 unspecified atom stereocenters. The van der Waals surface area contributed by atoms with Gasteiger partial charge in [0.15, 0.2) is 0 Å². The summed E-state index contributed by atoms with van der Waals surface area (Å²) in [6, 6.07) is 12.7. The van der Waals surface area contributed by atoms with Crippen LogP contribution < -0.4 is 4.90 Å². The molecule has 0 radical (unpaired) electrons. The van der Waals surface area contributed by atoms with Crippen LogP contribution in [0.4, 0.5) is 5.69 Å². The number of anilines is 1. The van der Waals surface area contributed by atoms with Crippen molar-refractivity contribution in [3.63, 3.8) is 0 Å². The van der Waals surface area contributed by atoms with Gasteiger partial charge in [0.1, 0.15) is 0 Å². The van der Waals surface area contributed by atoms with Gasteiger partial charge >= 0.3 is 0 Å². The smallest absolute Gasteiger partial charge is 0.230 e. The van der Waals surface area contributed by atoms with Gasteiger partial charge in [0.2, 0.25) is 5.91 Å². The lowest BCUT2D eigenvalue weighted by molar-refractivity contribution is -0.124. The van der Waals surface area contributed by atoms with Gasteiger partial charge in [-0.2, -0.15) is 0 Å². The van der Waals surface area contributed by atoms with E-state index in [1.54, 1.807) is 11.3 Å². The number of thiophene rings is 1. The average Bonchev–Trinajstić information content (AvgIpc) is 3.20. The minimum atomic E-state index is -0.716. The van der Waals surface area contributed by atoms with Crippen molar-refractivity contribution in [2.24, 2.45) is 11.8 Å². The number of carbonyl (C=O) groups excluding carboxylic acids is 1. The van der Waals surface area contributed by atoms with E-state index in [-0.39, 0.29) is 12.0 Å². The third-order valence-electron chi connectivity index (χ3n) is 6.25. The lowest BCUT2D eigenvalue weighted by Crippen LogP contribution is -2.47. The van der Waals surface area contributed by atoms with Crippen LogP contribution in [-0.4, -0.2) is 27.7 Å².